The monoisotopic (exact) mass is 341 g/mol. The number of benzene rings is 2. The summed E-state index contributed by atoms with van der Waals surface area (Å²) in [5.41, 5.74) is 0.866. The average Bonchev–Trinajstić information content (AvgIpc) is 3.46. The van der Waals surface area contributed by atoms with Gasteiger partial charge in [-0.3, -0.25) is 4.79 Å². The predicted molar refractivity (Wildman–Crippen MR) is 95.7 cm³/mol. The van der Waals surface area contributed by atoms with E-state index >= 15 is 0 Å². The fraction of sp³-hybridized carbons (Fsp3) is 0.381. The van der Waals surface area contributed by atoms with E-state index in [2.05, 4.69) is 12.2 Å². The summed E-state index contributed by atoms with van der Waals surface area (Å²) in [5.74, 6) is -0.293. The number of carbonyl (C=O) groups is 1. The molecule has 3 nitrogen and oxygen atoms in total. The Morgan fingerprint density at radius 1 is 1.16 bits per heavy atom. The second kappa shape index (κ2) is 6.96. The molecule has 0 spiro atoms. The third kappa shape index (κ3) is 3.31. The summed E-state index contributed by atoms with van der Waals surface area (Å²) in [4.78, 5) is 12.9. The van der Waals surface area contributed by atoms with Crippen LogP contribution >= 0.6 is 0 Å². The second-order valence-corrected chi connectivity index (χ2v) is 6.69. The van der Waals surface area contributed by atoms with Gasteiger partial charge in [-0.05, 0) is 42.5 Å². The van der Waals surface area contributed by atoms with Crippen molar-refractivity contribution in [2.45, 2.75) is 37.2 Å². The Bertz CT molecular complexity index is 719. The summed E-state index contributed by atoms with van der Waals surface area (Å²) in [5, 5.41) is 3.08. The van der Waals surface area contributed by atoms with Gasteiger partial charge in [-0.1, -0.05) is 49.4 Å². The van der Waals surface area contributed by atoms with Crippen LogP contribution in [-0.2, 0) is 20.5 Å². The van der Waals surface area contributed by atoms with Crippen LogP contribution in [0.5, 0.6) is 0 Å². The van der Waals surface area contributed by atoms with E-state index in [1.54, 1.807) is 19.2 Å². The molecule has 4 heteroatoms. The third-order valence-corrected chi connectivity index (χ3v) is 5.38. The van der Waals surface area contributed by atoms with Crippen molar-refractivity contribution < 1.29 is 13.9 Å². The Morgan fingerprint density at radius 3 is 2.32 bits per heavy atom. The van der Waals surface area contributed by atoms with Crippen LogP contribution in [0.1, 0.15) is 37.3 Å². The largest absolute Gasteiger partial charge is 0.372 e. The zero-order chi connectivity index (χ0) is 17.9. The molecule has 1 fully saturated rings. The zero-order valence-corrected chi connectivity index (χ0v) is 14.7. The summed E-state index contributed by atoms with van der Waals surface area (Å²) in [6.45, 7) is 2.46. The van der Waals surface area contributed by atoms with E-state index in [0.29, 0.717) is 6.54 Å². The number of carbonyl (C=O) groups excluding carboxylic acids is 1. The Labute approximate surface area is 148 Å². The van der Waals surface area contributed by atoms with Crippen LogP contribution < -0.4 is 5.32 Å². The van der Waals surface area contributed by atoms with Crippen LogP contribution in [0.15, 0.2) is 54.6 Å². The molecule has 1 aliphatic rings. The fourth-order valence-electron chi connectivity index (χ4n) is 3.44. The van der Waals surface area contributed by atoms with Crippen molar-refractivity contribution in [3.63, 3.8) is 0 Å². The highest BCUT2D eigenvalue weighted by atomic mass is 19.1. The molecule has 1 aliphatic carbocycles. The Kier molecular flexibility index (Phi) is 4.91. The molecule has 25 heavy (non-hydrogen) atoms. The van der Waals surface area contributed by atoms with Crippen molar-refractivity contribution in [1.29, 1.82) is 0 Å². The molecular weight excluding hydrogens is 317 g/mol. The lowest BCUT2D eigenvalue weighted by molar-refractivity contribution is -0.125. The Balaban J connectivity index is 1.75. The van der Waals surface area contributed by atoms with Gasteiger partial charge in [-0.2, -0.15) is 0 Å². The first-order valence-corrected chi connectivity index (χ1v) is 8.71. The van der Waals surface area contributed by atoms with Crippen LogP contribution in [0.3, 0.4) is 0 Å². The van der Waals surface area contributed by atoms with Gasteiger partial charge in [0.25, 0.3) is 0 Å². The highest BCUT2D eigenvalue weighted by molar-refractivity contribution is 5.91. The maximum Gasteiger partial charge on any atom is 0.230 e. The van der Waals surface area contributed by atoms with Gasteiger partial charge in [0, 0.05) is 7.11 Å². The van der Waals surface area contributed by atoms with Gasteiger partial charge in [0.2, 0.25) is 5.91 Å². The first-order chi connectivity index (χ1) is 12.1. The van der Waals surface area contributed by atoms with Crippen LogP contribution in [0.2, 0.25) is 0 Å². The molecule has 1 atom stereocenters. The lowest BCUT2D eigenvalue weighted by Crippen LogP contribution is -2.45. The standard InChI is InChI=1S/C21H24FNO2/c1-3-21(25-2,17-7-5-4-6-8-17)15-23-19(24)20(13-14-20)16-9-11-18(22)12-10-16/h4-12H,3,13-15H2,1-2H3,(H,23,24)/t21-/m0/s1. The van der Waals surface area contributed by atoms with Crippen LogP contribution in [0.25, 0.3) is 0 Å². The molecule has 0 aliphatic heterocycles. The highest BCUT2D eigenvalue weighted by Crippen LogP contribution is 2.48. The predicted octanol–water partition coefficient (Wildman–Crippen LogP) is 3.93. The van der Waals surface area contributed by atoms with Gasteiger partial charge in [-0.25, -0.2) is 4.39 Å². The molecule has 0 heterocycles. The molecule has 2 aromatic carbocycles. The molecule has 1 N–H and O–H groups in total. The van der Waals surface area contributed by atoms with Gasteiger partial charge in [0.1, 0.15) is 11.4 Å². The maximum absolute atomic E-state index is 13.2. The van der Waals surface area contributed by atoms with Gasteiger partial charge in [-0.15, -0.1) is 0 Å². The van der Waals surface area contributed by atoms with E-state index in [-0.39, 0.29) is 11.7 Å². The van der Waals surface area contributed by atoms with Crippen molar-refractivity contribution in [1.82, 2.24) is 5.32 Å². The number of hydrogen-bond donors (Lipinski definition) is 1. The van der Waals surface area contributed by atoms with E-state index in [0.717, 1.165) is 30.4 Å². The van der Waals surface area contributed by atoms with Crippen molar-refractivity contribution >= 4 is 5.91 Å². The van der Waals surface area contributed by atoms with E-state index in [9.17, 15) is 9.18 Å². The second-order valence-electron chi connectivity index (χ2n) is 6.69. The molecular formula is C21H24FNO2. The van der Waals surface area contributed by atoms with Crippen molar-refractivity contribution in [2.24, 2.45) is 0 Å². The number of nitrogens with one attached hydrogen (secondary N) is 1. The summed E-state index contributed by atoms with van der Waals surface area (Å²) in [6, 6.07) is 16.2. The van der Waals surface area contributed by atoms with Crippen LogP contribution in [0.4, 0.5) is 4.39 Å². The number of methoxy groups -OCH3 is 1. The SMILES string of the molecule is CC[C@@](CNC(=O)C1(c2ccc(F)cc2)CC1)(OC)c1ccccc1. The molecule has 3 rings (SSSR count). The summed E-state index contributed by atoms with van der Waals surface area (Å²) in [7, 11) is 1.68. The number of rotatable bonds is 7. The van der Waals surface area contributed by atoms with E-state index < -0.39 is 11.0 Å². The minimum atomic E-state index is -0.546. The minimum Gasteiger partial charge on any atom is -0.372 e. The third-order valence-electron chi connectivity index (χ3n) is 5.38. The average molecular weight is 341 g/mol. The fourth-order valence-corrected chi connectivity index (χ4v) is 3.44. The molecule has 2 aromatic rings. The van der Waals surface area contributed by atoms with Gasteiger partial charge >= 0.3 is 0 Å². The number of amides is 1. The number of ether oxygens (including phenoxy) is 1. The van der Waals surface area contributed by atoms with Gasteiger partial charge < -0.3 is 10.1 Å². The number of halogens is 1. The van der Waals surface area contributed by atoms with Crippen LogP contribution in [0, 0.1) is 5.82 Å². The lowest BCUT2D eigenvalue weighted by atomic mass is 9.89. The molecule has 0 aromatic heterocycles. The van der Waals surface area contributed by atoms with Crippen molar-refractivity contribution in [2.75, 3.05) is 13.7 Å². The van der Waals surface area contributed by atoms with Crippen LogP contribution in [-0.4, -0.2) is 19.6 Å². The van der Waals surface area contributed by atoms with E-state index in [1.807, 2.05) is 30.3 Å². The molecule has 132 valence electrons. The molecule has 1 amide bonds. The normalized spacial score (nSPS) is 17.6. The molecule has 1 saturated carbocycles. The topological polar surface area (TPSA) is 38.3 Å². The molecule has 0 unspecified atom stereocenters. The summed E-state index contributed by atoms with van der Waals surface area (Å²) in [6.07, 6.45) is 2.33. The summed E-state index contributed by atoms with van der Waals surface area (Å²) >= 11 is 0. The smallest absolute Gasteiger partial charge is 0.230 e. The first kappa shape index (κ1) is 17.6. The number of hydrogen-bond acceptors (Lipinski definition) is 2. The Hall–Kier alpha value is -2.20. The maximum atomic E-state index is 13.2. The summed E-state index contributed by atoms with van der Waals surface area (Å²) < 4.78 is 19.0. The van der Waals surface area contributed by atoms with E-state index in [4.69, 9.17) is 4.74 Å². The zero-order valence-electron chi connectivity index (χ0n) is 14.7. The molecule has 0 saturated heterocycles. The van der Waals surface area contributed by atoms with Crippen molar-refractivity contribution in [3.05, 3.63) is 71.5 Å². The van der Waals surface area contributed by atoms with Crippen molar-refractivity contribution in [3.8, 4) is 0 Å². The molecule has 0 bridgehead atoms. The van der Waals surface area contributed by atoms with Gasteiger partial charge in [0.05, 0.1) is 12.0 Å². The van der Waals surface area contributed by atoms with Gasteiger partial charge in [0.15, 0.2) is 0 Å². The van der Waals surface area contributed by atoms with E-state index in [1.165, 1.54) is 12.1 Å². The molecule has 0 radical (unpaired) electrons. The quantitative estimate of drug-likeness (QED) is 0.829. The first-order valence-electron chi connectivity index (χ1n) is 8.71. The minimum absolute atomic E-state index is 0.00934. The lowest BCUT2D eigenvalue weighted by Gasteiger charge is -2.33. The highest BCUT2D eigenvalue weighted by Gasteiger charge is 2.51. The Morgan fingerprint density at radius 2 is 1.80 bits per heavy atom.